The van der Waals surface area contributed by atoms with E-state index in [1.807, 2.05) is 53.1 Å². The number of rotatable bonds is 6. The quantitative estimate of drug-likeness (QED) is 0.543. The standard InChI is InChI=1S/C21H18N4O3/c26-20(12-23-21(27)16-9-10-28-13-16)22-11-15-5-7-17(8-6-15)25-14-24-18-3-1-2-4-19(18)25/h1-10,13-14H,11-12H2,(H,22,26)(H,23,27). The number of imidazole rings is 1. The zero-order valence-corrected chi connectivity index (χ0v) is 15.0. The molecule has 0 radical (unpaired) electrons. The predicted molar refractivity (Wildman–Crippen MR) is 104 cm³/mol. The number of nitrogens with zero attached hydrogens (tertiary/aromatic N) is 2. The molecule has 0 bridgehead atoms. The van der Waals surface area contributed by atoms with E-state index in [9.17, 15) is 9.59 Å². The number of fused-ring (bicyclic) bond motifs is 1. The number of furan rings is 1. The van der Waals surface area contributed by atoms with Gasteiger partial charge in [0.05, 0.1) is 29.4 Å². The number of benzene rings is 2. The number of amides is 2. The third kappa shape index (κ3) is 3.78. The van der Waals surface area contributed by atoms with Gasteiger partial charge in [0.25, 0.3) is 5.91 Å². The number of carbonyl (C=O) groups is 2. The molecular weight excluding hydrogens is 356 g/mol. The van der Waals surface area contributed by atoms with Gasteiger partial charge in [-0.05, 0) is 35.9 Å². The highest BCUT2D eigenvalue weighted by molar-refractivity contribution is 5.96. The minimum absolute atomic E-state index is 0.0941. The van der Waals surface area contributed by atoms with E-state index in [0.29, 0.717) is 12.1 Å². The molecule has 2 aromatic carbocycles. The van der Waals surface area contributed by atoms with Gasteiger partial charge in [-0.15, -0.1) is 0 Å². The summed E-state index contributed by atoms with van der Waals surface area (Å²) in [6.07, 6.45) is 4.54. The van der Waals surface area contributed by atoms with E-state index >= 15 is 0 Å². The van der Waals surface area contributed by atoms with Crippen LogP contribution in [0.2, 0.25) is 0 Å². The Morgan fingerprint density at radius 2 is 1.82 bits per heavy atom. The largest absolute Gasteiger partial charge is 0.472 e. The van der Waals surface area contributed by atoms with Crippen LogP contribution in [-0.4, -0.2) is 27.9 Å². The number of hydrogen-bond donors (Lipinski definition) is 2. The van der Waals surface area contributed by atoms with Gasteiger partial charge in [-0.3, -0.25) is 14.2 Å². The number of hydrogen-bond acceptors (Lipinski definition) is 4. The van der Waals surface area contributed by atoms with Crippen LogP contribution in [0.3, 0.4) is 0 Å². The topological polar surface area (TPSA) is 89.2 Å². The summed E-state index contributed by atoms with van der Waals surface area (Å²) in [5.74, 6) is -0.609. The van der Waals surface area contributed by atoms with Crippen molar-refractivity contribution < 1.29 is 14.0 Å². The maximum atomic E-state index is 11.9. The first-order valence-electron chi connectivity index (χ1n) is 8.79. The number of nitrogens with one attached hydrogen (secondary N) is 2. The molecule has 0 aliphatic heterocycles. The summed E-state index contributed by atoms with van der Waals surface area (Å²) >= 11 is 0. The summed E-state index contributed by atoms with van der Waals surface area (Å²) in [4.78, 5) is 28.1. The average Bonchev–Trinajstić information content (AvgIpc) is 3.41. The van der Waals surface area contributed by atoms with Crippen LogP contribution in [-0.2, 0) is 11.3 Å². The molecule has 4 rings (SSSR count). The van der Waals surface area contributed by atoms with Crippen LogP contribution < -0.4 is 10.6 Å². The third-order valence-electron chi connectivity index (χ3n) is 4.35. The van der Waals surface area contributed by atoms with Crippen molar-refractivity contribution in [3.63, 3.8) is 0 Å². The normalized spacial score (nSPS) is 10.7. The van der Waals surface area contributed by atoms with Crippen LogP contribution in [0.1, 0.15) is 15.9 Å². The highest BCUT2D eigenvalue weighted by Gasteiger charge is 2.09. The van der Waals surface area contributed by atoms with E-state index in [0.717, 1.165) is 22.3 Å². The summed E-state index contributed by atoms with van der Waals surface area (Å²) in [5, 5.41) is 5.33. The highest BCUT2D eigenvalue weighted by atomic mass is 16.3. The molecule has 0 fully saturated rings. The van der Waals surface area contributed by atoms with Crippen molar-refractivity contribution in [1.82, 2.24) is 20.2 Å². The Balaban J connectivity index is 1.32. The molecule has 0 unspecified atom stereocenters. The van der Waals surface area contributed by atoms with Crippen molar-refractivity contribution in [3.8, 4) is 5.69 Å². The van der Waals surface area contributed by atoms with Gasteiger partial charge < -0.3 is 15.1 Å². The van der Waals surface area contributed by atoms with Crippen LogP contribution in [0.5, 0.6) is 0 Å². The molecule has 0 aliphatic rings. The maximum Gasteiger partial charge on any atom is 0.254 e. The Kier molecular flexibility index (Phi) is 4.88. The molecule has 140 valence electrons. The van der Waals surface area contributed by atoms with Crippen molar-refractivity contribution in [2.75, 3.05) is 6.54 Å². The fraction of sp³-hybridized carbons (Fsp3) is 0.0952. The van der Waals surface area contributed by atoms with Gasteiger partial charge in [-0.2, -0.15) is 0 Å². The fourth-order valence-corrected chi connectivity index (χ4v) is 2.86. The van der Waals surface area contributed by atoms with Gasteiger partial charge in [-0.25, -0.2) is 4.98 Å². The molecule has 28 heavy (non-hydrogen) atoms. The molecular formula is C21H18N4O3. The lowest BCUT2D eigenvalue weighted by atomic mass is 10.2. The lowest BCUT2D eigenvalue weighted by Gasteiger charge is -2.08. The molecule has 2 amide bonds. The molecule has 2 N–H and O–H groups in total. The van der Waals surface area contributed by atoms with Gasteiger partial charge in [0.1, 0.15) is 12.6 Å². The Morgan fingerprint density at radius 3 is 2.61 bits per heavy atom. The van der Waals surface area contributed by atoms with Gasteiger partial charge in [0, 0.05) is 12.2 Å². The SMILES string of the molecule is O=C(CNC(=O)c1ccoc1)NCc1ccc(-n2cnc3ccccc32)cc1. The number of aromatic nitrogens is 2. The molecule has 7 nitrogen and oxygen atoms in total. The second-order valence-electron chi connectivity index (χ2n) is 6.24. The molecule has 0 aliphatic carbocycles. The summed E-state index contributed by atoms with van der Waals surface area (Å²) in [5.41, 5.74) is 4.32. The fourth-order valence-electron chi connectivity index (χ4n) is 2.86. The van der Waals surface area contributed by atoms with Crippen LogP contribution in [0.15, 0.2) is 77.9 Å². The lowest BCUT2D eigenvalue weighted by Crippen LogP contribution is -2.36. The Hall–Kier alpha value is -3.87. The van der Waals surface area contributed by atoms with Crippen molar-refractivity contribution in [2.24, 2.45) is 0 Å². The van der Waals surface area contributed by atoms with Gasteiger partial charge in [0.2, 0.25) is 5.91 Å². The minimum Gasteiger partial charge on any atom is -0.472 e. The molecule has 2 heterocycles. The molecule has 0 saturated heterocycles. The Bertz CT molecular complexity index is 1100. The van der Waals surface area contributed by atoms with Gasteiger partial charge in [-0.1, -0.05) is 24.3 Å². The van der Waals surface area contributed by atoms with Gasteiger partial charge >= 0.3 is 0 Å². The van der Waals surface area contributed by atoms with Crippen LogP contribution in [0, 0.1) is 0 Å². The maximum absolute atomic E-state index is 11.9. The molecule has 0 spiro atoms. The highest BCUT2D eigenvalue weighted by Crippen LogP contribution is 2.18. The van der Waals surface area contributed by atoms with Crippen LogP contribution in [0.25, 0.3) is 16.7 Å². The van der Waals surface area contributed by atoms with E-state index in [1.54, 1.807) is 6.33 Å². The monoisotopic (exact) mass is 374 g/mol. The van der Waals surface area contributed by atoms with Crippen molar-refractivity contribution >= 4 is 22.8 Å². The first-order valence-corrected chi connectivity index (χ1v) is 8.79. The number of para-hydroxylation sites is 2. The first-order chi connectivity index (χ1) is 13.7. The Labute approximate surface area is 161 Å². The van der Waals surface area contributed by atoms with Crippen LogP contribution in [0.4, 0.5) is 0 Å². The van der Waals surface area contributed by atoms with Crippen molar-refractivity contribution in [3.05, 3.63) is 84.6 Å². The van der Waals surface area contributed by atoms with E-state index in [2.05, 4.69) is 15.6 Å². The summed E-state index contributed by atoms with van der Waals surface area (Å²) < 4.78 is 6.86. The zero-order chi connectivity index (χ0) is 19.3. The molecule has 0 saturated carbocycles. The Morgan fingerprint density at radius 1 is 1.00 bits per heavy atom. The summed E-state index contributed by atoms with van der Waals surface area (Å²) in [7, 11) is 0. The molecule has 7 heteroatoms. The van der Waals surface area contributed by atoms with E-state index in [1.165, 1.54) is 18.6 Å². The van der Waals surface area contributed by atoms with Crippen LogP contribution >= 0.6 is 0 Å². The summed E-state index contributed by atoms with van der Waals surface area (Å²) in [6, 6.07) is 17.3. The first kappa shape index (κ1) is 17.5. The third-order valence-corrected chi connectivity index (χ3v) is 4.35. The van der Waals surface area contributed by atoms with E-state index in [-0.39, 0.29) is 18.4 Å². The number of carbonyl (C=O) groups excluding carboxylic acids is 2. The molecule has 4 aromatic rings. The zero-order valence-electron chi connectivity index (χ0n) is 15.0. The molecule has 0 atom stereocenters. The van der Waals surface area contributed by atoms with E-state index in [4.69, 9.17) is 4.42 Å². The molecule has 2 aromatic heterocycles. The smallest absolute Gasteiger partial charge is 0.254 e. The summed E-state index contributed by atoms with van der Waals surface area (Å²) in [6.45, 7) is 0.286. The van der Waals surface area contributed by atoms with E-state index < -0.39 is 0 Å². The average molecular weight is 374 g/mol. The minimum atomic E-state index is -0.346. The second-order valence-corrected chi connectivity index (χ2v) is 6.24. The van der Waals surface area contributed by atoms with Crippen molar-refractivity contribution in [1.29, 1.82) is 0 Å². The predicted octanol–water partition coefficient (Wildman–Crippen LogP) is 2.66. The van der Waals surface area contributed by atoms with Crippen molar-refractivity contribution in [2.45, 2.75) is 6.54 Å². The second kappa shape index (κ2) is 7.79. The van der Waals surface area contributed by atoms with Gasteiger partial charge in [0.15, 0.2) is 0 Å². The lowest BCUT2D eigenvalue weighted by molar-refractivity contribution is -0.120.